The lowest BCUT2D eigenvalue weighted by Gasteiger charge is -2.17. The third kappa shape index (κ3) is 2.85. The molecule has 0 saturated carbocycles. The zero-order chi connectivity index (χ0) is 13.0. The summed E-state index contributed by atoms with van der Waals surface area (Å²) in [6.45, 7) is 0.573. The molecular weight excluding hydrogens is 226 g/mol. The minimum Gasteiger partial charge on any atom is -0.384 e. The van der Waals surface area contributed by atoms with Gasteiger partial charge in [-0.05, 0) is 17.7 Å². The number of rotatable bonds is 3. The van der Waals surface area contributed by atoms with Gasteiger partial charge in [0.2, 0.25) is 0 Å². The van der Waals surface area contributed by atoms with Gasteiger partial charge in [0.15, 0.2) is 0 Å². The summed E-state index contributed by atoms with van der Waals surface area (Å²) in [5.41, 5.74) is 7.13. The van der Waals surface area contributed by atoms with Gasteiger partial charge in [0.1, 0.15) is 5.82 Å². The summed E-state index contributed by atoms with van der Waals surface area (Å²) in [6.07, 6.45) is 1.50. The second-order valence-electron chi connectivity index (χ2n) is 4.12. The number of pyridine rings is 1. The Balaban J connectivity index is 2.07. The Morgan fingerprint density at radius 2 is 1.94 bits per heavy atom. The van der Waals surface area contributed by atoms with Crippen LogP contribution in [0.2, 0.25) is 0 Å². The molecule has 0 unspecified atom stereocenters. The second-order valence-corrected chi connectivity index (χ2v) is 4.12. The highest BCUT2D eigenvalue weighted by Gasteiger charge is 2.11. The molecule has 0 aliphatic carbocycles. The molecule has 0 bridgehead atoms. The van der Waals surface area contributed by atoms with Gasteiger partial charge < -0.3 is 10.6 Å². The number of anilines is 1. The molecule has 18 heavy (non-hydrogen) atoms. The number of nitrogens with zero attached hydrogens (tertiary/aromatic N) is 2. The van der Waals surface area contributed by atoms with Crippen LogP contribution in [-0.4, -0.2) is 22.8 Å². The van der Waals surface area contributed by atoms with Gasteiger partial charge in [-0.1, -0.05) is 30.3 Å². The van der Waals surface area contributed by atoms with E-state index in [9.17, 15) is 4.79 Å². The summed E-state index contributed by atoms with van der Waals surface area (Å²) in [6, 6.07) is 13.2. The number of hydrogen-bond acceptors (Lipinski definition) is 3. The standard InChI is InChI=1S/C14H15N3O/c1-17(10-11-5-3-2-4-6-11)14(18)12-7-8-13(15)16-9-12/h2-9H,10H2,1H3,(H2,15,16). The van der Waals surface area contributed by atoms with E-state index in [0.717, 1.165) is 5.56 Å². The molecule has 1 aromatic heterocycles. The maximum atomic E-state index is 12.1. The Morgan fingerprint density at radius 3 is 2.56 bits per heavy atom. The van der Waals surface area contributed by atoms with Gasteiger partial charge in [-0.3, -0.25) is 4.79 Å². The van der Waals surface area contributed by atoms with E-state index in [1.165, 1.54) is 6.20 Å². The molecule has 1 aromatic carbocycles. The van der Waals surface area contributed by atoms with Crippen molar-refractivity contribution in [3.05, 3.63) is 59.8 Å². The van der Waals surface area contributed by atoms with Crippen LogP contribution < -0.4 is 5.73 Å². The van der Waals surface area contributed by atoms with E-state index in [4.69, 9.17) is 5.73 Å². The van der Waals surface area contributed by atoms with Crippen LogP contribution in [0.25, 0.3) is 0 Å². The van der Waals surface area contributed by atoms with Crippen LogP contribution in [0, 0.1) is 0 Å². The van der Waals surface area contributed by atoms with Gasteiger partial charge in [0.25, 0.3) is 5.91 Å². The van der Waals surface area contributed by atoms with Crippen LogP contribution in [0.5, 0.6) is 0 Å². The molecule has 4 nitrogen and oxygen atoms in total. The lowest BCUT2D eigenvalue weighted by molar-refractivity contribution is 0.0784. The van der Waals surface area contributed by atoms with Crippen LogP contribution in [0.1, 0.15) is 15.9 Å². The molecule has 0 fully saturated rings. The van der Waals surface area contributed by atoms with Crippen molar-refractivity contribution >= 4 is 11.7 Å². The first kappa shape index (κ1) is 12.1. The largest absolute Gasteiger partial charge is 0.384 e. The first-order valence-electron chi connectivity index (χ1n) is 5.68. The van der Waals surface area contributed by atoms with Gasteiger partial charge in [-0.2, -0.15) is 0 Å². The van der Waals surface area contributed by atoms with Crippen molar-refractivity contribution in [2.45, 2.75) is 6.54 Å². The SMILES string of the molecule is CN(Cc1ccccc1)C(=O)c1ccc(N)nc1. The zero-order valence-electron chi connectivity index (χ0n) is 10.2. The molecule has 0 spiro atoms. The maximum absolute atomic E-state index is 12.1. The molecule has 2 aromatic rings. The third-order valence-corrected chi connectivity index (χ3v) is 2.64. The molecule has 1 amide bonds. The highest BCUT2D eigenvalue weighted by atomic mass is 16.2. The monoisotopic (exact) mass is 241 g/mol. The van der Waals surface area contributed by atoms with E-state index in [-0.39, 0.29) is 5.91 Å². The Hall–Kier alpha value is -2.36. The zero-order valence-corrected chi connectivity index (χ0v) is 10.2. The van der Waals surface area contributed by atoms with Crippen LogP contribution in [-0.2, 0) is 6.54 Å². The maximum Gasteiger partial charge on any atom is 0.255 e. The molecule has 0 aliphatic rings. The number of amides is 1. The highest BCUT2D eigenvalue weighted by molar-refractivity contribution is 5.93. The Morgan fingerprint density at radius 1 is 1.22 bits per heavy atom. The highest BCUT2D eigenvalue weighted by Crippen LogP contribution is 2.08. The molecule has 92 valence electrons. The molecule has 4 heteroatoms. The number of hydrogen-bond donors (Lipinski definition) is 1. The fourth-order valence-corrected chi connectivity index (χ4v) is 1.68. The van der Waals surface area contributed by atoms with Gasteiger partial charge in [0, 0.05) is 19.8 Å². The Kier molecular flexibility index (Phi) is 3.57. The van der Waals surface area contributed by atoms with Crippen molar-refractivity contribution in [1.29, 1.82) is 0 Å². The lowest BCUT2D eigenvalue weighted by atomic mass is 10.2. The van der Waals surface area contributed by atoms with E-state index in [0.29, 0.717) is 17.9 Å². The number of carbonyl (C=O) groups excluding carboxylic acids is 1. The Bertz CT molecular complexity index is 522. The van der Waals surface area contributed by atoms with Crippen LogP contribution in [0.15, 0.2) is 48.7 Å². The van der Waals surface area contributed by atoms with Crippen molar-refractivity contribution in [2.75, 3.05) is 12.8 Å². The van der Waals surface area contributed by atoms with E-state index in [1.54, 1.807) is 24.1 Å². The first-order valence-corrected chi connectivity index (χ1v) is 5.68. The molecule has 2 rings (SSSR count). The number of aromatic nitrogens is 1. The molecule has 0 aliphatic heterocycles. The van der Waals surface area contributed by atoms with Gasteiger partial charge in [-0.25, -0.2) is 4.98 Å². The minimum atomic E-state index is -0.0636. The first-order chi connectivity index (χ1) is 8.66. The average molecular weight is 241 g/mol. The van der Waals surface area contributed by atoms with E-state index in [2.05, 4.69) is 4.98 Å². The molecule has 0 atom stereocenters. The summed E-state index contributed by atoms with van der Waals surface area (Å²) in [5, 5.41) is 0. The van der Waals surface area contributed by atoms with E-state index >= 15 is 0 Å². The van der Waals surface area contributed by atoms with E-state index < -0.39 is 0 Å². The van der Waals surface area contributed by atoms with Gasteiger partial charge in [-0.15, -0.1) is 0 Å². The van der Waals surface area contributed by atoms with Crippen LogP contribution >= 0.6 is 0 Å². The summed E-state index contributed by atoms with van der Waals surface area (Å²) in [7, 11) is 1.77. The van der Waals surface area contributed by atoms with Crippen molar-refractivity contribution < 1.29 is 4.79 Å². The van der Waals surface area contributed by atoms with Crippen LogP contribution in [0.4, 0.5) is 5.82 Å². The van der Waals surface area contributed by atoms with Crippen molar-refractivity contribution in [2.24, 2.45) is 0 Å². The van der Waals surface area contributed by atoms with Gasteiger partial charge >= 0.3 is 0 Å². The molecule has 1 heterocycles. The molecule has 2 N–H and O–H groups in total. The fourth-order valence-electron chi connectivity index (χ4n) is 1.68. The predicted octanol–water partition coefficient (Wildman–Crippen LogP) is 1.94. The molecule has 0 radical (unpaired) electrons. The number of carbonyl (C=O) groups is 1. The second kappa shape index (κ2) is 5.31. The quantitative estimate of drug-likeness (QED) is 0.893. The predicted molar refractivity (Wildman–Crippen MR) is 70.9 cm³/mol. The summed E-state index contributed by atoms with van der Waals surface area (Å²) < 4.78 is 0. The third-order valence-electron chi connectivity index (χ3n) is 2.64. The fraction of sp³-hybridized carbons (Fsp3) is 0.143. The molecule has 0 saturated heterocycles. The lowest BCUT2D eigenvalue weighted by Crippen LogP contribution is -2.26. The normalized spacial score (nSPS) is 10.1. The van der Waals surface area contributed by atoms with Gasteiger partial charge in [0.05, 0.1) is 5.56 Å². The number of nitrogens with two attached hydrogens (primary N) is 1. The number of nitrogen functional groups attached to an aromatic ring is 1. The summed E-state index contributed by atoms with van der Waals surface area (Å²) >= 11 is 0. The van der Waals surface area contributed by atoms with E-state index in [1.807, 2.05) is 30.3 Å². The molecular formula is C14H15N3O. The van der Waals surface area contributed by atoms with Crippen molar-refractivity contribution in [3.8, 4) is 0 Å². The van der Waals surface area contributed by atoms with Crippen molar-refractivity contribution in [3.63, 3.8) is 0 Å². The average Bonchev–Trinajstić information content (AvgIpc) is 2.40. The minimum absolute atomic E-state index is 0.0636. The Labute approximate surface area is 106 Å². The van der Waals surface area contributed by atoms with Crippen LogP contribution in [0.3, 0.4) is 0 Å². The summed E-state index contributed by atoms with van der Waals surface area (Å²) in [5.74, 6) is 0.351. The summed E-state index contributed by atoms with van der Waals surface area (Å²) in [4.78, 5) is 17.7. The smallest absolute Gasteiger partial charge is 0.255 e. The topological polar surface area (TPSA) is 59.2 Å². The van der Waals surface area contributed by atoms with Crippen molar-refractivity contribution in [1.82, 2.24) is 9.88 Å². The number of benzene rings is 1.